The van der Waals surface area contributed by atoms with Gasteiger partial charge in [-0.1, -0.05) is 6.92 Å². The highest BCUT2D eigenvalue weighted by Gasteiger charge is 2.21. The van der Waals surface area contributed by atoms with Gasteiger partial charge in [-0.05, 0) is 26.7 Å². The second kappa shape index (κ2) is 7.43. The summed E-state index contributed by atoms with van der Waals surface area (Å²) in [6.07, 6.45) is 3.44. The van der Waals surface area contributed by atoms with Gasteiger partial charge in [-0.2, -0.15) is 0 Å². The highest BCUT2D eigenvalue weighted by atomic mass is 16.5. The van der Waals surface area contributed by atoms with E-state index in [1.165, 1.54) is 0 Å². The lowest BCUT2D eigenvalue weighted by Gasteiger charge is -2.32. The number of aromatic nitrogens is 2. The number of aryl methyl sites for hydroxylation is 1. The summed E-state index contributed by atoms with van der Waals surface area (Å²) in [5, 5.41) is 3.29. The monoisotopic (exact) mass is 278 g/mol. The van der Waals surface area contributed by atoms with Crippen molar-refractivity contribution < 1.29 is 4.74 Å². The fourth-order valence-corrected chi connectivity index (χ4v) is 2.56. The summed E-state index contributed by atoms with van der Waals surface area (Å²) in [5.74, 6) is 2.88. The first-order valence-corrected chi connectivity index (χ1v) is 7.75. The first-order valence-electron chi connectivity index (χ1n) is 7.75. The molecule has 1 aliphatic heterocycles. The van der Waals surface area contributed by atoms with E-state index in [9.17, 15) is 0 Å². The summed E-state index contributed by atoms with van der Waals surface area (Å²) >= 11 is 0. The Bertz CT molecular complexity index is 416. The molecular formula is C15H26N4O. The predicted molar refractivity (Wildman–Crippen MR) is 82.4 cm³/mol. The lowest BCUT2D eigenvalue weighted by atomic mass is 10.1. The van der Waals surface area contributed by atoms with Crippen molar-refractivity contribution in [3.63, 3.8) is 0 Å². The van der Waals surface area contributed by atoms with E-state index in [0.717, 1.165) is 63.0 Å². The Morgan fingerprint density at radius 2 is 2.00 bits per heavy atom. The molecule has 5 nitrogen and oxygen atoms in total. The lowest BCUT2D eigenvalue weighted by Crippen LogP contribution is -2.37. The number of hydrogen-bond acceptors (Lipinski definition) is 5. The average molecular weight is 278 g/mol. The summed E-state index contributed by atoms with van der Waals surface area (Å²) in [4.78, 5) is 11.5. The van der Waals surface area contributed by atoms with Crippen LogP contribution in [-0.2, 0) is 11.2 Å². The Morgan fingerprint density at radius 1 is 1.25 bits per heavy atom. The zero-order chi connectivity index (χ0) is 14.4. The summed E-state index contributed by atoms with van der Waals surface area (Å²) in [6, 6.07) is 2.06. The van der Waals surface area contributed by atoms with Gasteiger partial charge in [0, 0.05) is 38.7 Å². The molecule has 1 saturated heterocycles. The molecule has 0 atom stereocenters. The van der Waals surface area contributed by atoms with E-state index >= 15 is 0 Å². The molecule has 2 heterocycles. The zero-order valence-electron chi connectivity index (χ0n) is 12.9. The highest BCUT2D eigenvalue weighted by Crippen LogP contribution is 2.22. The summed E-state index contributed by atoms with van der Waals surface area (Å²) in [5.41, 5.74) is 0. The van der Waals surface area contributed by atoms with Crippen LogP contribution in [0.15, 0.2) is 6.07 Å². The molecule has 5 heteroatoms. The van der Waals surface area contributed by atoms with Crippen molar-refractivity contribution in [1.29, 1.82) is 0 Å². The van der Waals surface area contributed by atoms with Crippen LogP contribution < -0.4 is 10.2 Å². The Hall–Kier alpha value is -1.36. The highest BCUT2D eigenvalue weighted by molar-refractivity contribution is 5.49. The molecule has 20 heavy (non-hydrogen) atoms. The molecule has 2 rings (SSSR count). The maximum absolute atomic E-state index is 5.70. The van der Waals surface area contributed by atoms with E-state index in [4.69, 9.17) is 4.74 Å². The van der Waals surface area contributed by atoms with Crippen LogP contribution in [0.3, 0.4) is 0 Å². The van der Waals surface area contributed by atoms with E-state index < -0.39 is 0 Å². The third-order valence-electron chi connectivity index (χ3n) is 3.60. The molecule has 1 N–H and O–H groups in total. The van der Waals surface area contributed by atoms with Crippen molar-refractivity contribution in [3.05, 3.63) is 11.9 Å². The molecule has 0 spiro atoms. The predicted octanol–water partition coefficient (Wildman–Crippen LogP) is 2.48. The Balaban J connectivity index is 2.06. The maximum atomic E-state index is 5.70. The van der Waals surface area contributed by atoms with Gasteiger partial charge in [-0.15, -0.1) is 0 Å². The van der Waals surface area contributed by atoms with E-state index in [1.807, 2.05) is 0 Å². The molecule has 0 unspecified atom stereocenters. The number of rotatable bonds is 6. The molecule has 1 fully saturated rings. The number of nitrogens with one attached hydrogen (secondary N) is 1. The molecular weight excluding hydrogens is 252 g/mol. The first-order chi connectivity index (χ1) is 9.76. The van der Waals surface area contributed by atoms with Crippen molar-refractivity contribution in [3.8, 4) is 0 Å². The third kappa shape index (κ3) is 3.82. The number of nitrogens with zero attached hydrogens (tertiary/aromatic N) is 3. The number of hydrogen-bond donors (Lipinski definition) is 1. The fourth-order valence-electron chi connectivity index (χ4n) is 2.56. The van der Waals surface area contributed by atoms with Gasteiger partial charge in [0.05, 0.1) is 6.10 Å². The molecule has 1 aromatic rings. The van der Waals surface area contributed by atoms with Crippen LogP contribution in [-0.4, -0.2) is 42.3 Å². The van der Waals surface area contributed by atoms with Gasteiger partial charge in [0.15, 0.2) is 0 Å². The molecule has 0 aliphatic carbocycles. The third-order valence-corrected chi connectivity index (χ3v) is 3.60. The van der Waals surface area contributed by atoms with Crippen molar-refractivity contribution in [2.45, 2.75) is 46.1 Å². The van der Waals surface area contributed by atoms with Crippen LogP contribution >= 0.6 is 0 Å². The average Bonchev–Trinajstić information content (AvgIpc) is 2.48. The van der Waals surface area contributed by atoms with Gasteiger partial charge in [0.2, 0.25) is 0 Å². The molecule has 1 aliphatic rings. The van der Waals surface area contributed by atoms with Crippen molar-refractivity contribution in [2.75, 3.05) is 36.5 Å². The SMILES string of the molecule is CCNc1cc(N2CCC(OCC)CC2)nc(CC)n1. The van der Waals surface area contributed by atoms with Crippen LogP contribution in [0.4, 0.5) is 11.6 Å². The van der Waals surface area contributed by atoms with E-state index in [2.05, 4.69) is 47.0 Å². The molecule has 0 bridgehead atoms. The molecule has 112 valence electrons. The minimum atomic E-state index is 0.414. The smallest absolute Gasteiger partial charge is 0.134 e. The van der Waals surface area contributed by atoms with Gasteiger partial charge in [-0.3, -0.25) is 0 Å². The summed E-state index contributed by atoms with van der Waals surface area (Å²) < 4.78 is 5.70. The van der Waals surface area contributed by atoms with Crippen LogP contribution in [0, 0.1) is 0 Å². The number of piperidine rings is 1. The standard InChI is InChI=1S/C15H26N4O/c1-4-13-17-14(16-5-2)11-15(18-13)19-9-7-12(8-10-19)20-6-3/h11-12H,4-10H2,1-3H3,(H,16,17,18). The minimum Gasteiger partial charge on any atom is -0.378 e. The Labute approximate surface area is 121 Å². The van der Waals surface area contributed by atoms with Crippen molar-refractivity contribution in [2.24, 2.45) is 0 Å². The minimum absolute atomic E-state index is 0.414. The molecule has 0 saturated carbocycles. The number of ether oxygens (including phenoxy) is 1. The molecule has 0 radical (unpaired) electrons. The van der Waals surface area contributed by atoms with Crippen molar-refractivity contribution in [1.82, 2.24) is 9.97 Å². The second-order valence-electron chi connectivity index (χ2n) is 5.05. The molecule has 1 aromatic heterocycles. The largest absolute Gasteiger partial charge is 0.378 e. The fraction of sp³-hybridized carbons (Fsp3) is 0.733. The Kier molecular flexibility index (Phi) is 5.59. The van der Waals surface area contributed by atoms with Gasteiger partial charge in [0.25, 0.3) is 0 Å². The van der Waals surface area contributed by atoms with Gasteiger partial charge in [0.1, 0.15) is 17.5 Å². The van der Waals surface area contributed by atoms with Gasteiger partial charge >= 0.3 is 0 Å². The Morgan fingerprint density at radius 3 is 2.60 bits per heavy atom. The first kappa shape index (κ1) is 15.0. The summed E-state index contributed by atoms with van der Waals surface area (Å²) in [7, 11) is 0. The quantitative estimate of drug-likeness (QED) is 0.866. The van der Waals surface area contributed by atoms with Crippen LogP contribution in [0.25, 0.3) is 0 Å². The van der Waals surface area contributed by atoms with Gasteiger partial charge < -0.3 is 15.0 Å². The van der Waals surface area contributed by atoms with Gasteiger partial charge in [-0.25, -0.2) is 9.97 Å². The zero-order valence-corrected chi connectivity index (χ0v) is 12.9. The lowest BCUT2D eigenvalue weighted by molar-refractivity contribution is 0.0458. The van der Waals surface area contributed by atoms with E-state index in [-0.39, 0.29) is 0 Å². The van der Waals surface area contributed by atoms with Crippen LogP contribution in [0.2, 0.25) is 0 Å². The maximum Gasteiger partial charge on any atom is 0.134 e. The topological polar surface area (TPSA) is 50.3 Å². The number of anilines is 2. The van der Waals surface area contributed by atoms with Crippen LogP contribution in [0.5, 0.6) is 0 Å². The van der Waals surface area contributed by atoms with E-state index in [1.54, 1.807) is 0 Å². The van der Waals surface area contributed by atoms with Crippen molar-refractivity contribution >= 4 is 11.6 Å². The second-order valence-corrected chi connectivity index (χ2v) is 5.05. The molecule has 0 aromatic carbocycles. The van der Waals surface area contributed by atoms with Crippen LogP contribution in [0.1, 0.15) is 39.4 Å². The normalized spacial score (nSPS) is 16.4. The molecule has 0 amide bonds. The summed E-state index contributed by atoms with van der Waals surface area (Å²) in [6.45, 7) is 9.95. The van der Waals surface area contributed by atoms with E-state index in [0.29, 0.717) is 6.10 Å².